The molecule has 1 aliphatic carbocycles. The molecule has 1 atom stereocenters. The summed E-state index contributed by atoms with van der Waals surface area (Å²) in [5, 5.41) is 3.57. The molecule has 3 nitrogen and oxygen atoms in total. The van der Waals surface area contributed by atoms with Crippen LogP contribution in [0.2, 0.25) is 0 Å². The molecular weight excluding hydrogens is 258 g/mol. The molecule has 1 saturated carbocycles. The average molecular weight is 285 g/mol. The van der Waals surface area contributed by atoms with Crippen molar-refractivity contribution in [1.29, 1.82) is 0 Å². The molecule has 2 aromatic rings. The molecule has 3 rings (SSSR count). The summed E-state index contributed by atoms with van der Waals surface area (Å²) in [6, 6.07) is 9.13. The van der Waals surface area contributed by atoms with Gasteiger partial charge in [-0.1, -0.05) is 31.9 Å². The van der Waals surface area contributed by atoms with Crippen molar-refractivity contribution in [2.24, 2.45) is 5.92 Å². The predicted octanol–water partition coefficient (Wildman–Crippen LogP) is 3.77. The molecule has 114 valence electrons. The van der Waals surface area contributed by atoms with E-state index in [1.807, 2.05) is 0 Å². The molecule has 3 heteroatoms. The van der Waals surface area contributed by atoms with Crippen LogP contribution in [-0.2, 0) is 13.0 Å². The molecule has 0 radical (unpaired) electrons. The zero-order valence-electron chi connectivity index (χ0n) is 13.3. The fourth-order valence-electron chi connectivity index (χ4n) is 3.78. The number of benzene rings is 1. The van der Waals surface area contributed by atoms with Crippen LogP contribution in [0.15, 0.2) is 24.3 Å². The maximum absolute atomic E-state index is 4.85. The molecule has 1 aromatic heterocycles. The summed E-state index contributed by atoms with van der Waals surface area (Å²) in [5.41, 5.74) is 2.43. The Morgan fingerprint density at radius 2 is 2.05 bits per heavy atom. The van der Waals surface area contributed by atoms with Crippen molar-refractivity contribution < 1.29 is 0 Å². The lowest BCUT2D eigenvalue weighted by Gasteiger charge is -2.24. The molecule has 0 saturated heterocycles. The van der Waals surface area contributed by atoms with E-state index in [4.69, 9.17) is 4.98 Å². The Bertz CT molecular complexity index is 581. The van der Waals surface area contributed by atoms with Crippen LogP contribution in [0.3, 0.4) is 0 Å². The van der Waals surface area contributed by atoms with E-state index < -0.39 is 0 Å². The highest BCUT2D eigenvalue weighted by molar-refractivity contribution is 5.75. The third-order valence-electron chi connectivity index (χ3n) is 4.93. The molecule has 0 spiro atoms. The van der Waals surface area contributed by atoms with Crippen LogP contribution in [0, 0.1) is 5.92 Å². The van der Waals surface area contributed by atoms with E-state index in [0.717, 1.165) is 30.8 Å². The molecule has 0 bridgehead atoms. The van der Waals surface area contributed by atoms with Gasteiger partial charge < -0.3 is 9.88 Å². The Balaban J connectivity index is 1.91. The maximum atomic E-state index is 4.85. The number of fused-ring (bicyclic) bond motifs is 1. The molecule has 1 unspecified atom stereocenters. The van der Waals surface area contributed by atoms with Gasteiger partial charge in [-0.15, -0.1) is 0 Å². The zero-order valence-corrected chi connectivity index (χ0v) is 13.3. The van der Waals surface area contributed by atoms with E-state index in [1.54, 1.807) is 0 Å². The minimum absolute atomic E-state index is 0.570. The number of hydrogen-bond acceptors (Lipinski definition) is 2. The first kappa shape index (κ1) is 14.6. The summed E-state index contributed by atoms with van der Waals surface area (Å²) < 4.78 is 2.46. The van der Waals surface area contributed by atoms with Crippen molar-refractivity contribution in [2.75, 3.05) is 7.05 Å². The summed E-state index contributed by atoms with van der Waals surface area (Å²) in [5.74, 6) is 2.07. The molecule has 1 aromatic carbocycles. The summed E-state index contributed by atoms with van der Waals surface area (Å²) in [6.45, 7) is 3.28. The largest absolute Gasteiger partial charge is 0.326 e. The first-order valence-electron chi connectivity index (χ1n) is 8.45. The number of nitrogens with zero attached hydrogens (tertiary/aromatic N) is 2. The van der Waals surface area contributed by atoms with Crippen LogP contribution in [-0.4, -0.2) is 22.6 Å². The number of nitrogens with one attached hydrogen (secondary N) is 1. The second kappa shape index (κ2) is 6.61. The minimum Gasteiger partial charge on any atom is -0.326 e. The number of imidazole rings is 1. The monoisotopic (exact) mass is 285 g/mol. The van der Waals surface area contributed by atoms with E-state index in [0.29, 0.717) is 6.04 Å². The Hall–Kier alpha value is -1.35. The van der Waals surface area contributed by atoms with Gasteiger partial charge in [0.1, 0.15) is 5.82 Å². The van der Waals surface area contributed by atoms with Gasteiger partial charge in [-0.2, -0.15) is 0 Å². The normalized spacial score (nSPS) is 17.6. The van der Waals surface area contributed by atoms with Gasteiger partial charge in [0.05, 0.1) is 11.0 Å². The minimum atomic E-state index is 0.570. The Morgan fingerprint density at radius 3 is 2.76 bits per heavy atom. The van der Waals surface area contributed by atoms with Gasteiger partial charge in [0.15, 0.2) is 0 Å². The molecule has 1 fully saturated rings. The first-order valence-corrected chi connectivity index (χ1v) is 8.45. The van der Waals surface area contributed by atoms with E-state index in [9.17, 15) is 0 Å². The third-order valence-corrected chi connectivity index (χ3v) is 4.93. The number of para-hydroxylation sites is 2. The smallest absolute Gasteiger partial charge is 0.109 e. The zero-order chi connectivity index (χ0) is 14.7. The van der Waals surface area contributed by atoms with Gasteiger partial charge in [0.25, 0.3) is 0 Å². The molecule has 1 aliphatic rings. The molecule has 0 aliphatic heterocycles. The number of aromatic nitrogens is 2. The summed E-state index contributed by atoms with van der Waals surface area (Å²) >= 11 is 0. The molecular formula is C18H27N3. The number of rotatable bonds is 6. The van der Waals surface area contributed by atoms with Crippen molar-refractivity contribution in [3.8, 4) is 0 Å². The fraction of sp³-hybridized carbons (Fsp3) is 0.611. The van der Waals surface area contributed by atoms with Gasteiger partial charge in [0, 0.05) is 19.0 Å². The number of likely N-dealkylation sites (N-methyl/N-ethyl adjacent to an activating group) is 1. The Labute approximate surface area is 127 Å². The topological polar surface area (TPSA) is 29.9 Å². The van der Waals surface area contributed by atoms with Crippen molar-refractivity contribution >= 4 is 11.0 Å². The lowest BCUT2D eigenvalue weighted by molar-refractivity contribution is 0.339. The molecule has 0 amide bonds. The van der Waals surface area contributed by atoms with Crippen molar-refractivity contribution in [3.05, 3.63) is 30.1 Å². The van der Waals surface area contributed by atoms with Gasteiger partial charge in [-0.05, 0) is 44.4 Å². The fourth-order valence-corrected chi connectivity index (χ4v) is 3.78. The summed E-state index contributed by atoms with van der Waals surface area (Å²) in [7, 11) is 2.11. The molecule has 1 N–H and O–H groups in total. The van der Waals surface area contributed by atoms with E-state index in [-0.39, 0.29) is 0 Å². The van der Waals surface area contributed by atoms with Crippen LogP contribution in [0.1, 0.15) is 44.9 Å². The highest BCUT2D eigenvalue weighted by Gasteiger charge is 2.25. The van der Waals surface area contributed by atoms with Crippen LogP contribution in [0.5, 0.6) is 0 Å². The van der Waals surface area contributed by atoms with Gasteiger partial charge in [-0.3, -0.25) is 0 Å². The lowest BCUT2D eigenvalue weighted by Crippen LogP contribution is -2.36. The van der Waals surface area contributed by atoms with Crippen LogP contribution in [0.25, 0.3) is 11.0 Å². The highest BCUT2D eigenvalue weighted by Crippen LogP contribution is 2.29. The van der Waals surface area contributed by atoms with E-state index >= 15 is 0 Å². The third kappa shape index (κ3) is 2.98. The average Bonchev–Trinajstić information content (AvgIpc) is 3.13. The van der Waals surface area contributed by atoms with Crippen molar-refractivity contribution in [1.82, 2.24) is 14.9 Å². The standard InChI is InChI=1S/C18H27N3/c1-3-8-18-20-15-11-6-7-12-17(15)21(18)13-16(19-2)14-9-4-5-10-14/h6-7,11-12,14,16,19H,3-5,8-10,13H2,1-2H3. The second-order valence-electron chi connectivity index (χ2n) is 6.32. The number of aryl methyl sites for hydroxylation is 1. The van der Waals surface area contributed by atoms with Gasteiger partial charge >= 0.3 is 0 Å². The maximum Gasteiger partial charge on any atom is 0.109 e. The van der Waals surface area contributed by atoms with Crippen LogP contribution >= 0.6 is 0 Å². The second-order valence-corrected chi connectivity index (χ2v) is 6.32. The summed E-state index contributed by atoms with van der Waals surface area (Å²) in [6.07, 6.45) is 7.76. The van der Waals surface area contributed by atoms with E-state index in [2.05, 4.69) is 48.1 Å². The quantitative estimate of drug-likeness (QED) is 0.875. The van der Waals surface area contributed by atoms with Gasteiger partial charge in [-0.25, -0.2) is 4.98 Å². The predicted molar refractivity (Wildman–Crippen MR) is 88.5 cm³/mol. The molecule has 1 heterocycles. The molecule has 21 heavy (non-hydrogen) atoms. The Morgan fingerprint density at radius 1 is 1.29 bits per heavy atom. The van der Waals surface area contributed by atoms with E-state index in [1.165, 1.54) is 37.0 Å². The number of hydrogen-bond donors (Lipinski definition) is 1. The van der Waals surface area contributed by atoms with Gasteiger partial charge in [0.2, 0.25) is 0 Å². The Kier molecular flexibility index (Phi) is 4.59. The van der Waals surface area contributed by atoms with Crippen LogP contribution in [0.4, 0.5) is 0 Å². The lowest BCUT2D eigenvalue weighted by atomic mass is 9.98. The summed E-state index contributed by atoms with van der Waals surface area (Å²) in [4.78, 5) is 4.85. The first-order chi connectivity index (χ1) is 10.3. The SMILES string of the molecule is CCCc1nc2ccccc2n1CC(NC)C1CCCC1. The highest BCUT2D eigenvalue weighted by atomic mass is 15.1. The van der Waals surface area contributed by atoms with Crippen LogP contribution < -0.4 is 5.32 Å². The van der Waals surface area contributed by atoms with Crippen molar-refractivity contribution in [2.45, 2.75) is 58.0 Å². The van der Waals surface area contributed by atoms with Crippen molar-refractivity contribution in [3.63, 3.8) is 0 Å².